The highest BCUT2D eigenvalue weighted by Gasteiger charge is 2.73. The second-order valence-corrected chi connectivity index (χ2v) is 6.84. The van der Waals surface area contributed by atoms with Crippen LogP contribution in [0.2, 0.25) is 0 Å². The number of fused-ring (bicyclic) bond motifs is 1. The Labute approximate surface area is 132 Å². The Morgan fingerprint density at radius 3 is 2.50 bits per heavy atom. The van der Waals surface area contributed by atoms with Crippen LogP contribution in [0.15, 0.2) is 12.2 Å². The molecule has 0 radical (unpaired) electrons. The average molecular weight is 309 g/mol. The number of carbonyl (C=O) groups is 2. The van der Waals surface area contributed by atoms with Crippen molar-refractivity contribution in [1.82, 2.24) is 5.32 Å². The van der Waals surface area contributed by atoms with Crippen molar-refractivity contribution in [3.05, 3.63) is 12.2 Å². The number of carbonyl (C=O) groups excluding carboxylic acids is 2. The van der Waals surface area contributed by atoms with E-state index in [9.17, 15) is 9.59 Å². The first-order valence-electron chi connectivity index (χ1n) is 8.16. The maximum absolute atomic E-state index is 11.5. The standard InChI is InChI=1S/C9H13NO3.C8H14O/c1-4-5-6(11)10-8(2)7(12)13-9(5,8)3;1-7(9)8-5-3-2-4-6-8/h5H,4H2,1-3H3,(H,10,11);3,5,7-9H,2,4,6H2,1H3/t5-,8-,9-;/m0./s1. The van der Waals surface area contributed by atoms with Gasteiger partial charge < -0.3 is 15.2 Å². The van der Waals surface area contributed by atoms with Crippen LogP contribution in [0.3, 0.4) is 0 Å². The molecular formula is C17H27NO4. The molecule has 0 bridgehead atoms. The number of allylic oxidation sites excluding steroid dienone is 1. The van der Waals surface area contributed by atoms with Crippen molar-refractivity contribution >= 4 is 11.9 Å². The summed E-state index contributed by atoms with van der Waals surface area (Å²) >= 11 is 0. The lowest BCUT2D eigenvalue weighted by Gasteiger charge is -2.49. The van der Waals surface area contributed by atoms with Gasteiger partial charge in [0, 0.05) is 5.92 Å². The summed E-state index contributed by atoms with van der Waals surface area (Å²) in [6, 6.07) is 0. The van der Waals surface area contributed by atoms with Gasteiger partial charge in [0.05, 0.1) is 12.0 Å². The fraction of sp³-hybridized carbons (Fsp3) is 0.765. The summed E-state index contributed by atoms with van der Waals surface area (Å²) < 4.78 is 5.11. The van der Waals surface area contributed by atoms with Crippen LogP contribution in [-0.4, -0.2) is 34.2 Å². The molecule has 0 saturated carbocycles. The minimum atomic E-state index is -0.787. The summed E-state index contributed by atoms with van der Waals surface area (Å²) in [6.45, 7) is 7.33. The minimum absolute atomic E-state index is 0.0710. The molecule has 2 heterocycles. The third kappa shape index (κ3) is 2.56. The van der Waals surface area contributed by atoms with E-state index in [0.29, 0.717) is 12.3 Å². The van der Waals surface area contributed by atoms with Crippen molar-refractivity contribution < 1.29 is 19.4 Å². The van der Waals surface area contributed by atoms with Gasteiger partial charge in [-0.25, -0.2) is 4.79 Å². The first kappa shape index (κ1) is 17.0. The molecule has 5 heteroatoms. The second kappa shape index (κ2) is 6.03. The van der Waals surface area contributed by atoms with E-state index in [2.05, 4.69) is 17.5 Å². The fourth-order valence-corrected chi connectivity index (χ4v) is 3.55. The van der Waals surface area contributed by atoms with Gasteiger partial charge >= 0.3 is 5.97 Å². The topological polar surface area (TPSA) is 75.6 Å². The SMILES string of the molecule is CC(O)C1C=CCCC1.CC[C@H]1C(=O)N[C@@]2(C)C(=O)O[C@@]12C. The van der Waals surface area contributed by atoms with Crippen molar-refractivity contribution in [3.63, 3.8) is 0 Å². The summed E-state index contributed by atoms with van der Waals surface area (Å²) in [4.78, 5) is 22.7. The van der Waals surface area contributed by atoms with Crippen LogP contribution in [0.5, 0.6) is 0 Å². The van der Waals surface area contributed by atoms with Gasteiger partial charge in [-0.15, -0.1) is 0 Å². The van der Waals surface area contributed by atoms with Crippen molar-refractivity contribution in [3.8, 4) is 0 Å². The zero-order valence-electron chi connectivity index (χ0n) is 13.9. The van der Waals surface area contributed by atoms with Crippen molar-refractivity contribution in [2.24, 2.45) is 11.8 Å². The largest absolute Gasteiger partial charge is 0.454 e. The van der Waals surface area contributed by atoms with E-state index < -0.39 is 11.1 Å². The molecule has 5 nitrogen and oxygen atoms in total. The molecule has 22 heavy (non-hydrogen) atoms. The van der Waals surface area contributed by atoms with E-state index in [-0.39, 0.29) is 23.9 Å². The Morgan fingerprint density at radius 2 is 2.14 bits per heavy atom. The lowest BCUT2D eigenvalue weighted by molar-refractivity contribution is -0.216. The zero-order valence-corrected chi connectivity index (χ0v) is 13.9. The van der Waals surface area contributed by atoms with Gasteiger partial charge in [-0.05, 0) is 46.5 Å². The first-order valence-corrected chi connectivity index (χ1v) is 8.16. The number of rotatable bonds is 2. The Morgan fingerprint density at radius 1 is 1.45 bits per heavy atom. The number of aliphatic hydroxyl groups excluding tert-OH is 1. The quantitative estimate of drug-likeness (QED) is 0.604. The zero-order chi connectivity index (χ0) is 16.5. The molecule has 2 fully saturated rings. The summed E-state index contributed by atoms with van der Waals surface area (Å²) in [5.41, 5.74) is -1.42. The fourth-order valence-electron chi connectivity index (χ4n) is 3.55. The predicted octanol–water partition coefficient (Wildman–Crippen LogP) is 1.94. The minimum Gasteiger partial charge on any atom is -0.454 e. The lowest BCUT2D eigenvalue weighted by atomic mass is 9.72. The number of ether oxygens (including phenoxy) is 1. The van der Waals surface area contributed by atoms with Crippen LogP contribution in [0, 0.1) is 11.8 Å². The Hall–Kier alpha value is -1.36. The molecule has 0 aromatic carbocycles. The van der Waals surface area contributed by atoms with Gasteiger partial charge in [-0.3, -0.25) is 4.79 Å². The highest BCUT2D eigenvalue weighted by molar-refractivity contribution is 6.00. The van der Waals surface area contributed by atoms with E-state index in [1.807, 2.05) is 20.8 Å². The molecule has 0 spiro atoms. The number of amides is 1. The first-order chi connectivity index (χ1) is 10.3. The maximum Gasteiger partial charge on any atom is 0.336 e. The van der Waals surface area contributed by atoms with Crippen LogP contribution in [0.25, 0.3) is 0 Å². The third-order valence-corrected chi connectivity index (χ3v) is 5.38. The van der Waals surface area contributed by atoms with Gasteiger partial charge in [-0.2, -0.15) is 0 Å². The summed E-state index contributed by atoms with van der Waals surface area (Å²) in [5, 5.41) is 11.8. The lowest BCUT2D eigenvalue weighted by Crippen LogP contribution is -2.72. The molecule has 2 unspecified atom stereocenters. The molecule has 1 amide bonds. The van der Waals surface area contributed by atoms with Crippen molar-refractivity contribution in [2.45, 2.75) is 70.6 Å². The average Bonchev–Trinajstić information content (AvgIpc) is 2.64. The molecule has 1 aliphatic carbocycles. The van der Waals surface area contributed by atoms with E-state index >= 15 is 0 Å². The van der Waals surface area contributed by atoms with Crippen LogP contribution in [0.4, 0.5) is 0 Å². The molecule has 2 aliphatic heterocycles. The number of hydrogen-bond acceptors (Lipinski definition) is 4. The Bertz CT molecular complexity index is 487. The number of esters is 1. The van der Waals surface area contributed by atoms with Gasteiger partial charge in [0.2, 0.25) is 5.91 Å². The normalized spacial score (nSPS) is 40.6. The summed E-state index contributed by atoms with van der Waals surface area (Å²) in [7, 11) is 0. The van der Waals surface area contributed by atoms with E-state index in [1.165, 1.54) is 12.8 Å². The van der Waals surface area contributed by atoms with Crippen LogP contribution in [-0.2, 0) is 14.3 Å². The highest BCUT2D eigenvalue weighted by atomic mass is 16.6. The van der Waals surface area contributed by atoms with Gasteiger partial charge in [0.15, 0.2) is 11.1 Å². The van der Waals surface area contributed by atoms with Crippen LogP contribution < -0.4 is 5.32 Å². The number of aliphatic hydroxyl groups is 1. The molecular weight excluding hydrogens is 282 g/mol. The predicted molar refractivity (Wildman–Crippen MR) is 83.0 cm³/mol. The van der Waals surface area contributed by atoms with E-state index in [4.69, 9.17) is 9.84 Å². The maximum atomic E-state index is 11.5. The third-order valence-electron chi connectivity index (χ3n) is 5.38. The van der Waals surface area contributed by atoms with Gasteiger partial charge in [0.1, 0.15) is 0 Å². The van der Waals surface area contributed by atoms with E-state index in [1.54, 1.807) is 6.92 Å². The van der Waals surface area contributed by atoms with Crippen LogP contribution in [0.1, 0.15) is 53.4 Å². The highest BCUT2D eigenvalue weighted by Crippen LogP contribution is 2.49. The van der Waals surface area contributed by atoms with E-state index in [0.717, 1.165) is 6.42 Å². The molecule has 2 saturated heterocycles. The Kier molecular flexibility index (Phi) is 4.66. The molecule has 124 valence electrons. The number of nitrogens with one attached hydrogen (secondary N) is 1. The molecule has 3 aliphatic rings. The van der Waals surface area contributed by atoms with Crippen LogP contribution >= 0.6 is 0 Å². The Balaban J connectivity index is 0.000000172. The summed E-state index contributed by atoms with van der Waals surface area (Å²) in [6.07, 6.45) is 8.45. The molecule has 0 aromatic rings. The number of hydrogen-bond donors (Lipinski definition) is 2. The smallest absolute Gasteiger partial charge is 0.336 e. The van der Waals surface area contributed by atoms with Crippen molar-refractivity contribution in [1.29, 1.82) is 0 Å². The van der Waals surface area contributed by atoms with Gasteiger partial charge in [-0.1, -0.05) is 19.1 Å². The molecule has 3 rings (SSSR count). The van der Waals surface area contributed by atoms with Gasteiger partial charge in [0.25, 0.3) is 0 Å². The molecule has 2 N–H and O–H groups in total. The summed E-state index contributed by atoms with van der Waals surface area (Å²) in [5.74, 6) is -0.161. The van der Waals surface area contributed by atoms with Crippen molar-refractivity contribution in [2.75, 3.05) is 0 Å². The molecule has 0 aromatic heterocycles. The monoisotopic (exact) mass is 309 g/mol. The second-order valence-electron chi connectivity index (χ2n) is 6.84. The molecule has 5 atom stereocenters.